The third-order valence-corrected chi connectivity index (χ3v) is 6.80. The second-order valence-corrected chi connectivity index (χ2v) is 8.13. The van der Waals surface area contributed by atoms with Crippen molar-refractivity contribution in [3.8, 4) is 0 Å². The Kier molecular flexibility index (Phi) is 4.17. The average Bonchev–Trinajstić information content (AvgIpc) is 2.90. The second kappa shape index (κ2) is 5.63. The first kappa shape index (κ1) is 17.0. The molecule has 9 heteroatoms. The highest BCUT2D eigenvalue weighted by atomic mass is 79.9. The van der Waals surface area contributed by atoms with Crippen LogP contribution in [0.15, 0.2) is 6.07 Å². The molecule has 1 N–H and O–H groups in total. The molecule has 0 radical (unpaired) electrons. The highest BCUT2D eigenvalue weighted by Gasteiger charge is 2.49. The molecule has 3 heterocycles. The first-order valence-electron chi connectivity index (χ1n) is 7.13. The van der Waals surface area contributed by atoms with Crippen molar-refractivity contribution in [1.82, 2.24) is 4.90 Å². The van der Waals surface area contributed by atoms with Gasteiger partial charge in [0.25, 0.3) is 0 Å². The maximum atomic E-state index is 13.1. The molecule has 3 rings (SSSR count). The summed E-state index contributed by atoms with van der Waals surface area (Å²) in [7, 11) is 0. The van der Waals surface area contributed by atoms with Crippen LogP contribution in [0.25, 0.3) is 0 Å². The predicted molar refractivity (Wildman–Crippen MR) is 82.0 cm³/mol. The molecule has 1 fully saturated rings. The summed E-state index contributed by atoms with van der Waals surface area (Å²) in [6.45, 7) is 2.29. The minimum atomic E-state index is -4.39. The lowest BCUT2D eigenvalue weighted by Crippen LogP contribution is -2.52. The van der Waals surface area contributed by atoms with Gasteiger partial charge in [0.2, 0.25) is 0 Å². The topological polar surface area (TPSA) is 49.8 Å². The SMILES string of the molecule is C[C@H]1C[C@@]2(CCN1C(=O)O)OCC(Br)c1sc(C(F)(F)F)cc12. The van der Waals surface area contributed by atoms with Crippen LogP contribution < -0.4 is 0 Å². The van der Waals surface area contributed by atoms with Gasteiger partial charge in [-0.05, 0) is 25.0 Å². The van der Waals surface area contributed by atoms with Crippen LogP contribution in [0.3, 0.4) is 0 Å². The van der Waals surface area contributed by atoms with Crippen LogP contribution >= 0.6 is 27.3 Å². The lowest BCUT2D eigenvalue weighted by molar-refractivity contribution is -0.134. The number of thiophene rings is 1. The number of carbonyl (C=O) groups is 1. The Balaban J connectivity index is 1.99. The van der Waals surface area contributed by atoms with Crippen LogP contribution in [0, 0.1) is 0 Å². The Morgan fingerprint density at radius 1 is 1.57 bits per heavy atom. The van der Waals surface area contributed by atoms with Gasteiger partial charge < -0.3 is 14.7 Å². The fourth-order valence-corrected chi connectivity index (χ4v) is 5.13. The Hall–Kier alpha value is -0.800. The smallest absolute Gasteiger partial charge is 0.425 e. The molecule has 23 heavy (non-hydrogen) atoms. The van der Waals surface area contributed by atoms with Gasteiger partial charge in [-0.3, -0.25) is 0 Å². The minimum absolute atomic E-state index is 0.250. The average molecular weight is 414 g/mol. The standard InChI is InChI=1S/C14H15BrF3NO3S/c1-7-5-13(2-3-19(7)12(20)21)8-4-10(14(16,17)18)23-11(8)9(15)6-22-13/h4,7,9H,2-3,5-6H2,1H3,(H,20,21)/t7-,9?,13+/m0/s1. The van der Waals surface area contributed by atoms with Crippen LogP contribution in [0.5, 0.6) is 0 Å². The van der Waals surface area contributed by atoms with E-state index in [1.165, 1.54) is 11.0 Å². The molecule has 1 aromatic heterocycles. The molecule has 3 atom stereocenters. The number of carboxylic acid groups (broad SMARTS) is 1. The van der Waals surface area contributed by atoms with Crippen LogP contribution in [-0.2, 0) is 16.5 Å². The molecule has 4 nitrogen and oxygen atoms in total. The third-order valence-electron chi connectivity index (χ3n) is 4.48. The lowest BCUT2D eigenvalue weighted by atomic mass is 9.79. The summed E-state index contributed by atoms with van der Waals surface area (Å²) in [5, 5.41) is 9.17. The molecule has 0 aliphatic carbocycles. The van der Waals surface area contributed by atoms with E-state index in [-0.39, 0.29) is 24.0 Å². The number of likely N-dealkylation sites (tertiary alicyclic amines) is 1. The fourth-order valence-electron chi connectivity index (χ4n) is 3.39. The van der Waals surface area contributed by atoms with Crippen molar-refractivity contribution in [2.45, 2.75) is 42.4 Å². The van der Waals surface area contributed by atoms with E-state index in [2.05, 4.69) is 15.9 Å². The molecule has 1 amide bonds. The number of fused-ring (bicyclic) bond motifs is 2. The van der Waals surface area contributed by atoms with Gasteiger partial charge in [-0.15, -0.1) is 11.3 Å². The van der Waals surface area contributed by atoms with E-state index in [0.29, 0.717) is 23.3 Å². The molecular formula is C14H15BrF3NO3S. The second-order valence-electron chi connectivity index (χ2n) is 5.94. The van der Waals surface area contributed by atoms with Gasteiger partial charge in [0, 0.05) is 23.9 Å². The highest BCUT2D eigenvalue weighted by Crippen LogP contribution is 2.52. The van der Waals surface area contributed by atoms with E-state index in [0.717, 1.165) is 11.3 Å². The van der Waals surface area contributed by atoms with Gasteiger partial charge in [0.05, 0.1) is 17.0 Å². The molecule has 1 unspecified atom stereocenters. The Morgan fingerprint density at radius 3 is 2.83 bits per heavy atom. The van der Waals surface area contributed by atoms with E-state index >= 15 is 0 Å². The summed E-state index contributed by atoms with van der Waals surface area (Å²) < 4.78 is 45.2. The van der Waals surface area contributed by atoms with Gasteiger partial charge in [0.1, 0.15) is 4.88 Å². The number of ether oxygens (including phenoxy) is 1. The summed E-state index contributed by atoms with van der Waals surface area (Å²) >= 11 is 4.13. The van der Waals surface area contributed by atoms with E-state index in [4.69, 9.17) is 4.74 Å². The van der Waals surface area contributed by atoms with Crippen molar-refractivity contribution in [2.75, 3.05) is 13.2 Å². The van der Waals surface area contributed by atoms with Crippen LogP contribution in [0.2, 0.25) is 0 Å². The molecule has 2 aliphatic heterocycles. The number of alkyl halides is 4. The molecule has 1 aromatic rings. The Labute approximate surface area is 143 Å². The van der Waals surface area contributed by atoms with Crippen molar-refractivity contribution in [1.29, 1.82) is 0 Å². The number of nitrogens with zero attached hydrogens (tertiary/aromatic N) is 1. The van der Waals surface area contributed by atoms with Crippen molar-refractivity contribution in [2.24, 2.45) is 0 Å². The maximum absolute atomic E-state index is 13.1. The molecule has 0 saturated carbocycles. The van der Waals surface area contributed by atoms with Crippen LogP contribution in [0.4, 0.5) is 18.0 Å². The monoisotopic (exact) mass is 413 g/mol. The first-order valence-corrected chi connectivity index (χ1v) is 8.86. The van der Waals surface area contributed by atoms with Crippen molar-refractivity contribution < 1.29 is 27.8 Å². The van der Waals surface area contributed by atoms with Gasteiger partial charge in [-0.25, -0.2) is 4.79 Å². The molecule has 1 spiro atoms. The van der Waals surface area contributed by atoms with Crippen molar-refractivity contribution >= 4 is 33.4 Å². The summed E-state index contributed by atoms with van der Waals surface area (Å²) in [5.41, 5.74) is -0.273. The van der Waals surface area contributed by atoms with Gasteiger partial charge in [-0.1, -0.05) is 15.9 Å². The number of rotatable bonds is 0. The normalized spacial score (nSPS) is 31.3. The zero-order chi connectivity index (χ0) is 17.0. The van der Waals surface area contributed by atoms with E-state index < -0.39 is 22.7 Å². The zero-order valence-electron chi connectivity index (χ0n) is 12.2. The number of hydrogen-bond acceptors (Lipinski definition) is 3. The zero-order valence-corrected chi connectivity index (χ0v) is 14.6. The molecule has 1 saturated heterocycles. The van der Waals surface area contributed by atoms with E-state index in [9.17, 15) is 23.1 Å². The number of amides is 1. The molecule has 128 valence electrons. The number of halogens is 4. The van der Waals surface area contributed by atoms with Crippen molar-refractivity contribution in [3.05, 3.63) is 21.4 Å². The first-order chi connectivity index (χ1) is 10.6. The summed E-state index contributed by atoms with van der Waals surface area (Å²) in [4.78, 5) is 12.2. The lowest BCUT2D eigenvalue weighted by Gasteiger charge is -2.47. The van der Waals surface area contributed by atoms with Crippen LogP contribution in [-0.4, -0.2) is 35.3 Å². The number of hydrogen-bond donors (Lipinski definition) is 1. The van der Waals surface area contributed by atoms with Crippen molar-refractivity contribution in [3.63, 3.8) is 0 Å². The summed E-state index contributed by atoms with van der Waals surface area (Å²) in [6.07, 6.45) is -4.67. The Morgan fingerprint density at radius 2 is 2.26 bits per heavy atom. The van der Waals surface area contributed by atoms with Crippen LogP contribution in [0.1, 0.15) is 39.9 Å². The molecule has 0 bridgehead atoms. The highest BCUT2D eigenvalue weighted by molar-refractivity contribution is 9.09. The minimum Gasteiger partial charge on any atom is -0.465 e. The fraction of sp³-hybridized carbons (Fsp3) is 0.643. The molecule has 2 aliphatic rings. The van der Waals surface area contributed by atoms with E-state index in [1.54, 1.807) is 6.92 Å². The number of piperidine rings is 1. The summed E-state index contributed by atoms with van der Waals surface area (Å²) in [6, 6.07) is 0.867. The third kappa shape index (κ3) is 2.87. The predicted octanol–water partition coefficient (Wildman–Crippen LogP) is 4.59. The molecular weight excluding hydrogens is 399 g/mol. The largest absolute Gasteiger partial charge is 0.465 e. The Bertz CT molecular complexity index is 635. The van der Waals surface area contributed by atoms with Gasteiger partial charge in [-0.2, -0.15) is 13.2 Å². The summed E-state index contributed by atoms with van der Waals surface area (Å²) in [5.74, 6) is 0. The quantitative estimate of drug-likeness (QED) is 0.632. The van der Waals surface area contributed by atoms with Gasteiger partial charge >= 0.3 is 12.3 Å². The maximum Gasteiger partial charge on any atom is 0.425 e. The van der Waals surface area contributed by atoms with Gasteiger partial charge in [0.15, 0.2) is 0 Å². The van der Waals surface area contributed by atoms with E-state index in [1.807, 2.05) is 0 Å². The molecule has 0 aromatic carbocycles.